The van der Waals surface area contributed by atoms with Crippen LogP contribution >= 0.6 is 0 Å². The van der Waals surface area contributed by atoms with Crippen molar-refractivity contribution in [1.29, 1.82) is 0 Å². The second kappa shape index (κ2) is 6.26. The predicted molar refractivity (Wildman–Crippen MR) is 64.5 cm³/mol. The van der Waals surface area contributed by atoms with E-state index in [1.807, 2.05) is 0 Å². The van der Waals surface area contributed by atoms with E-state index in [9.17, 15) is 39.0 Å². The summed E-state index contributed by atoms with van der Waals surface area (Å²) in [4.78, 5) is 0. The Kier molecular flexibility index (Phi) is 5.35. The molecule has 0 amide bonds. The molecule has 0 saturated carbocycles. The molecular weight excluding hydrogens is 380 g/mol. The molecule has 2 atom stereocenters. The van der Waals surface area contributed by atoms with Crippen molar-refractivity contribution in [3.05, 3.63) is 35.9 Å². The first-order valence-electron chi connectivity index (χ1n) is 5.28. The van der Waals surface area contributed by atoms with Crippen LogP contribution in [-0.4, -0.2) is 28.9 Å². The van der Waals surface area contributed by atoms with Gasteiger partial charge in [-0.25, -0.2) is 4.18 Å². The van der Waals surface area contributed by atoms with Crippen LogP contribution in [0.5, 0.6) is 0 Å². The maximum absolute atomic E-state index is 12.8. The second-order valence-electron chi connectivity index (χ2n) is 3.87. The molecule has 1 N–H and O–H groups in total. The second-order valence-corrected chi connectivity index (χ2v) is 6.97. The monoisotopic (exact) mass is 387 g/mol. The van der Waals surface area contributed by atoms with Crippen LogP contribution in [0, 0.1) is 0 Å². The summed E-state index contributed by atoms with van der Waals surface area (Å²) < 4.78 is 121. The van der Waals surface area contributed by atoms with E-state index in [-0.39, 0.29) is 0 Å². The van der Waals surface area contributed by atoms with Crippen molar-refractivity contribution in [3.8, 4) is 0 Å². The third kappa shape index (κ3) is 5.33. The predicted octanol–water partition coefficient (Wildman–Crippen LogP) is 3.01. The highest BCUT2D eigenvalue weighted by atomic mass is 32.3. The van der Waals surface area contributed by atoms with Crippen LogP contribution in [0.3, 0.4) is 0 Å². The number of nitrogens with zero attached hydrogens (tertiary/aromatic N) is 1. The minimum Gasteiger partial charge on any atom is -0.278 e. The number of sulfonamides is 1. The largest absolute Gasteiger partial charge is 0.519 e. The summed E-state index contributed by atoms with van der Waals surface area (Å²) in [6, 6.07) is 5.12. The zero-order chi connectivity index (χ0) is 18.1. The maximum Gasteiger partial charge on any atom is 0.519 e. The smallest absolute Gasteiger partial charge is 0.278 e. The van der Waals surface area contributed by atoms with Crippen molar-refractivity contribution in [2.24, 2.45) is 3.77 Å². The number of rotatable bonds is 4. The number of alkyl halides is 6. The lowest BCUT2D eigenvalue weighted by Gasteiger charge is -2.20. The summed E-state index contributed by atoms with van der Waals surface area (Å²) in [5.41, 5.74) is -6.80. The van der Waals surface area contributed by atoms with Crippen molar-refractivity contribution >= 4 is 20.3 Å². The molecule has 14 heteroatoms. The van der Waals surface area contributed by atoms with Gasteiger partial charge < -0.3 is 0 Å². The molecule has 1 rings (SSSR count). The molecule has 0 aliphatic heterocycles. The Morgan fingerprint density at radius 1 is 1.00 bits per heavy atom. The number of halogens is 6. The maximum atomic E-state index is 12.8. The van der Waals surface area contributed by atoms with E-state index in [4.69, 9.17) is 4.55 Å². The molecule has 2 unspecified atom stereocenters. The van der Waals surface area contributed by atoms with Crippen molar-refractivity contribution < 1.29 is 47.7 Å². The molecule has 0 aromatic heterocycles. The Hall–Kier alpha value is -1.38. The van der Waals surface area contributed by atoms with Gasteiger partial charge in [-0.1, -0.05) is 34.1 Å². The van der Waals surface area contributed by atoms with E-state index in [0.717, 1.165) is 24.3 Å². The minimum absolute atomic E-state index is 0.735. The molecule has 1 aromatic rings. The van der Waals surface area contributed by atoms with Crippen molar-refractivity contribution in [2.75, 3.05) is 0 Å². The Morgan fingerprint density at radius 3 is 1.87 bits per heavy atom. The van der Waals surface area contributed by atoms with E-state index in [2.05, 4.69) is 4.18 Å². The normalized spacial score (nSPS) is 17.3. The summed E-state index contributed by atoms with van der Waals surface area (Å²) in [6.45, 7) is 0. The van der Waals surface area contributed by atoms with Gasteiger partial charge >= 0.3 is 32.0 Å². The van der Waals surface area contributed by atoms with E-state index in [1.165, 1.54) is 9.83 Å². The SMILES string of the molecule is O=S(=O)(N=S(=O)(O)OC(c1ccccc1)C(F)(F)F)C(F)(F)F. The van der Waals surface area contributed by atoms with E-state index in [1.54, 1.807) is 0 Å². The first kappa shape index (κ1) is 19.7. The number of hydrogen-bond acceptors (Lipinski definition) is 4. The molecular formula is C9H7F6NO5S2. The summed E-state index contributed by atoms with van der Waals surface area (Å²) in [6.07, 6.45) is -8.47. The standard InChI is InChI=1S/C9H7F6NO5S2/c10-8(11,12)7(6-4-2-1-3-5-6)21-23(19,20)16-22(17,18)9(13,14)15/h1-5,7H,(H,16,19,20). The van der Waals surface area contributed by atoms with Gasteiger partial charge in [-0.15, -0.1) is 0 Å². The molecule has 0 heterocycles. The van der Waals surface area contributed by atoms with Gasteiger partial charge in [-0.3, -0.25) is 4.55 Å². The number of hydrogen-bond donors (Lipinski definition) is 1. The molecule has 0 spiro atoms. The van der Waals surface area contributed by atoms with E-state index in [0.29, 0.717) is 0 Å². The summed E-state index contributed by atoms with van der Waals surface area (Å²) in [5, 5.41) is 0. The fraction of sp³-hybridized carbons (Fsp3) is 0.333. The Balaban J connectivity index is 3.32. The topological polar surface area (TPSA) is 93.0 Å². The van der Waals surface area contributed by atoms with Crippen molar-refractivity contribution in [2.45, 2.75) is 17.8 Å². The highest BCUT2D eigenvalue weighted by molar-refractivity contribution is 7.99. The Labute approximate surface area is 126 Å². The summed E-state index contributed by atoms with van der Waals surface area (Å²) in [5.74, 6) is 0. The van der Waals surface area contributed by atoms with Crippen LogP contribution in [0.1, 0.15) is 11.7 Å². The van der Waals surface area contributed by atoms with Gasteiger partial charge in [0.25, 0.3) is 0 Å². The van der Waals surface area contributed by atoms with Crippen LogP contribution in [0.2, 0.25) is 0 Å². The van der Waals surface area contributed by atoms with E-state index >= 15 is 0 Å². The summed E-state index contributed by atoms with van der Waals surface area (Å²) in [7, 11) is -12.3. The molecule has 0 fully saturated rings. The van der Waals surface area contributed by atoms with Crippen LogP contribution in [0.25, 0.3) is 0 Å². The van der Waals surface area contributed by atoms with Gasteiger partial charge in [0.15, 0.2) is 6.10 Å². The highest BCUT2D eigenvalue weighted by Crippen LogP contribution is 2.37. The van der Waals surface area contributed by atoms with Crippen LogP contribution in [-0.2, 0) is 24.5 Å². The zero-order valence-electron chi connectivity index (χ0n) is 10.6. The lowest BCUT2D eigenvalue weighted by molar-refractivity contribution is -0.197. The average Bonchev–Trinajstić information content (AvgIpc) is 2.33. The highest BCUT2D eigenvalue weighted by Gasteiger charge is 2.49. The fourth-order valence-corrected chi connectivity index (χ4v) is 3.18. The Bertz CT molecular complexity index is 764. The third-order valence-corrected chi connectivity index (χ3v) is 4.67. The molecule has 0 saturated heterocycles. The number of benzene rings is 1. The van der Waals surface area contributed by atoms with Gasteiger partial charge in [-0.2, -0.15) is 39.0 Å². The van der Waals surface area contributed by atoms with Gasteiger partial charge in [0.2, 0.25) is 0 Å². The molecule has 0 bridgehead atoms. The third-order valence-electron chi connectivity index (χ3n) is 2.11. The molecule has 0 radical (unpaired) electrons. The molecule has 6 nitrogen and oxygen atoms in total. The van der Waals surface area contributed by atoms with Crippen LogP contribution in [0.4, 0.5) is 26.3 Å². The van der Waals surface area contributed by atoms with Crippen LogP contribution < -0.4 is 0 Å². The molecule has 0 aliphatic carbocycles. The first-order valence-corrected chi connectivity index (χ1v) is 8.11. The van der Waals surface area contributed by atoms with Gasteiger partial charge in [-0.05, 0) is 5.56 Å². The quantitative estimate of drug-likeness (QED) is 0.802. The fourth-order valence-electron chi connectivity index (χ4n) is 1.24. The Morgan fingerprint density at radius 2 is 1.48 bits per heavy atom. The van der Waals surface area contributed by atoms with Crippen LogP contribution in [0.15, 0.2) is 34.1 Å². The van der Waals surface area contributed by atoms with Gasteiger partial charge in [0.1, 0.15) is 0 Å². The molecule has 1 aromatic carbocycles. The van der Waals surface area contributed by atoms with Gasteiger partial charge in [0.05, 0.1) is 0 Å². The minimum atomic E-state index is -6.52. The first-order chi connectivity index (χ1) is 10.2. The van der Waals surface area contributed by atoms with E-state index < -0.39 is 43.7 Å². The zero-order valence-corrected chi connectivity index (χ0v) is 12.2. The average molecular weight is 387 g/mol. The lowest BCUT2D eigenvalue weighted by Crippen LogP contribution is -2.28. The molecule has 132 valence electrons. The van der Waals surface area contributed by atoms with Gasteiger partial charge in [0, 0.05) is 0 Å². The summed E-state index contributed by atoms with van der Waals surface area (Å²) >= 11 is 0. The lowest BCUT2D eigenvalue weighted by atomic mass is 10.1. The molecule has 0 aliphatic rings. The van der Waals surface area contributed by atoms with Crippen molar-refractivity contribution in [1.82, 2.24) is 0 Å². The van der Waals surface area contributed by atoms with Crippen molar-refractivity contribution in [3.63, 3.8) is 0 Å². The molecule has 23 heavy (non-hydrogen) atoms.